The molecule has 2 unspecified atom stereocenters. The van der Waals surface area contributed by atoms with Crippen LogP contribution < -0.4 is 10.2 Å². The second kappa shape index (κ2) is 6.14. The van der Waals surface area contributed by atoms with Crippen LogP contribution in [-0.2, 0) is 11.3 Å². The van der Waals surface area contributed by atoms with Gasteiger partial charge in [-0.1, -0.05) is 0 Å². The Hall–Kier alpha value is -1.07. The monoisotopic (exact) mass is 278 g/mol. The van der Waals surface area contributed by atoms with Crippen LogP contribution in [0.15, 0.2) is 6.20 Å². The normalized spacial score (nSPS) is 26.0. The molecule has 112 valence electrons. The highest BCUT2D eigenvalue weighted by atomic mass is 16.5. The van der Waals surface area contributed by atoms with Crippen molar-refractivity contribution in [2.24, 2.45) is 0 Å². The maximum absolute atomic E-state index is 5.16. The summed E-state index contributed by atoms with van der Waals surface area (Å²) in [6.45, 7) is 6.09. The minimum absolute atomic E-state index is 0.645. The highest BCUT2D eigenvalue weighted by Crippen LogP contribution is 2.24. The Kier molecular flexibility index (Phi) is 4.27. The van der Waals surface area contributed by atoms with E-state index in [1.807, 2.05) is 0 Å². The Morgan fingerprint density at radius 1 is 1.35 bits per heavy atom. The maximum Gasteiger partial charge on any atom is 0.205 e. The zero-order chi connectivity index (χ0) is 13.9. The first-order valence-electron chi connectivity index (χ1n) is 7.80. The van der Waals surface area contributed by atoms with Crippen LogP contribution in [0.1, 0.15) is 31.4 Å². The van der Waals surface area contributed by atoms with Crippen molar-refractivity contribution in [3.8, 4) is 0 Å². The lowest BCUT2D eigenvalue weighted by atomic mass is 10.1. The second-order valence-electron chi connectivity index (χ2n) is 6.09. The van der Waals surface area contributed by atoms with Gasteiger partial charge in [0.25, 0.3) is 0 Å². The molecular formula is C15H26N4O. The fourth-order valence-corrected chi connectivity index (χ4v) is 3.45. The average Bonchev–Trinajstić information content (AvgIpc) is 2.93. The van der Waals surface area contributed by atoms with Gasteiger partial charge in [0.05, 0.1) is 5.69 Å². The van der Waals surface area contributed by atoms with Crippen LogP contribution in [0, 0.1) is 6.92 Å². The number of imidazole rings is 1. The van der Waals surface area contributed by atoms with E-state index in [4.69, 9.17) is 9.72 Å². The first kappa shape index (κ1) is 13.9. The van der Waals surface area contributed by atoms with Crippen molar-refractivity contribution in [1.82, 2.24) is 14.9 Å². The van der Waals surface area contributed by atoms with Crippen molar-refractivity contribution in [1.29, 1.82) is 0 Å². The molecule has 1 aromatic rings. The predicted octanol–water partition coefficient (Wildman–Crippen LogP) is 1.56. The van der Waals surface area contributed by atoms with Gasteiger partial charge in [-0.2, -0.15) is 0 Å². The number of fused-ring (bicyclic) bond motifs is 2. The summed E-state index contributed by atoms with van der Waals surface area (Å²) in [4.78, 5) is 7.23. The lowest BCUT2D eigenvalue weighted by Crippen LogP contribution is -2.36. The van der Waals surface area contributed by atoms with Crippen molar-refractivity contribution in [2.45, 2.75) is 51.2 Å². The van der Waals surface area contributed by atoms with Crippen LogP contribution >= 0.6 is 0 Å². The second-order valence-corrected chi connectivity index (χ2v) is 6.09. The molecule has 2 atom stereocenters. The van der Waals surface area contributed by atoms with Gasteiger partial charge in [0.1, 0.15) is 0 Å². The molecule has 2 aliphatic rings. The molecule has 1 aromatic heterocycles. The van der Waals surface area contributed by atoms with Crippen LogP contribution in [0.4, 0.5) is 5.95 Å². The summed E-state index contributed by atoms with van der Waals surface area (Å²) in [6.07, 6.45) is 7.10. The third-order valence-corrected chi connectivity index (χ3v) is 4.43. The third kappa shape index (κ3) is 2.99. The molecule has 2 bridgehead atoms. The van der Waals surface area contributed by atoms with E-state index < -0.39 is 0 Å². The summed E-state index contributed by atoms with van der Waals surface area (Å²) < 4.78 is 7.46. The molecule has 3 heterocycles. The van der Waals surface area contributed by atoms with E-state index in [-0.39, 0.29) is 0 Å². The van der Waals surface area contributed by atoms with Crippen LogP contribution in [-0.4, -0.2) is 48.4 Å². The third-order valence-electron chi connectivity index (χ3n) is 4.43. The minimum atomic E-state index is 0.645. The first-order valence-corrected chi connectivity index (χ1v) is 7.80. The molecule has 3 rings (SSSR count). The number of aryl methyl sites for hydroxylation is 2. The van der Waals surface area contributed by atoms with Gasteiger partial charge in [-0.3, -0.25) is 0 Å². The Labute approximate surface area is 121 Å². The standard InChI is InChI=1S/C15H26N4O/c1-12-10-18(7-3-9-20-2)15(16-12)19-8-6-13-4-5-14(11-19)17-13/h10,13-14,17H,3-9,11H2,1-2H3. The van der Waals surface area contributed by atoms with Gasteiger partial charge in [-0.05, 0) is 32.6 Å². The number of nitrogens with zero attached hydrogens (tertiary/aromatic N) is 3. The zero-order valence-electron chi connectivity index (χ0n) is 12.6. The van der Waals surface area contributed by atoms with E-state index >= 15 is 0 Å². The quantitative estimate of drug-likeness (QED) is 0.830. The molecule has 0 saturated carbocycles. The van der Waals surface area contributed by atoms with E-state index in [2.05, 4.69) is 27.9 Å². The number of methoxy groups -OCH3 is 1. The molecule has 20 heavy (non-hydrogen) atoms. The molecule has 0 spiro atoms. The van der Waals surface area contributed by atoms with Gasteiger partial charge >= 0.3 is 0 Å². The molecule has 2 aliphatic heterocycles. The molecule has 0 radical (unpaired) electrons. The predicted molar refractivity (Wildman–Crippen MR) is 80.2 cm³/mol. The van der Waals surface area contributed by atoms with Crippen molar-refractivity contribution in [2.75, 3.05) is 31.7 Å². The highest BCUT2D eigenvalue weighted by Gasteiger charge is 2.30. The molecule has 2 fully saturated rings. The van der Waals surface area contributed by atoms with Crippen molar-refractivity contribution < 1.29 is 4.74 Å². The SMILES string of the molecule is COCCCn1cc(C)nc1N1CCC2CCC(C1)N2. The molecule has 1 N–H and O–H groups in total. The summed E-state index contributed by atoms with van der Waals surface area (Å²) in [5.41, 5.74) is 1.11. The first-order chi connectivity index (χ1) is 9.76. The van der Waals surface area contributed by atoms with E-state index in [0.29, 0.717) is 6.04 Å². The highest BCUT2D eigenvalue weighted by molar-refractivity contribution is 5.34. The Morgan fingerprint density at radius 2 is 2.20 bits per heavy atom. The van der Waals surface area contributed by atoms with Crippen molar-refractivity contribution in [3.05, 3.63) is 11.9 Å². The largest absolute Gasteiger partial charge is 0.385 e. The smallest absolute Gasteiger partial charge is 0.205 e. The van der Waals surface area contributed by atoms with Gasteiger partial charge in [-0.25, -0.2) is 4.98 Å². The number of aromatic nitrogens is 2. The van der Waals surface area contributed by atoms with Crippen LogP contribution in [0.5, 0.6) is 0 Å². The van der Waals surface area contributed by atoms with Gasteiger partial charge < -0.3 is 19.5 Å². The maximum atomic E-state index is 5.16. The topological polar surface area (TPSA) is 42.3 Å². The molecule has 2 saturated heterocycles. The van der Waals surface area contributed by atoms with Crippen molar-refractivity contribution in [3.63, 3.8) is 0 Å². The number of ether oxygens (including phenoxy) is 1. The van der Waals surface area contributed by atoms with Crippen LogP contribution in [0.2, 0.25) is 0 Å². The molecular weight excluding hydrogens is 252 g/mol. The molecule has 0 aromatic carbocycles. The summed E-state index contributed by atoms with van der Waals surface area (Å²) in [5.74, 6) is 1.15. The molecule has 5 nitrogen and oxygen atoms in total. The lowest BCUT2D eigenvalue weighted by Gasteiger charge is -2.26. The minimum Gasteiger partial charge on any atom is -0.385 e. The van der Waals surface area contributed by atoms with E-state index in [1.165, 1.54) is 19.3 Å². The number of hydrogen-bond donors (Lipinski definition) is 1. The fraction of sp³-hybridized carbons (Fsp3) is 0.800. The van der Waals surface area contributed by atoms with Gasteiger partial charge in [0.2, 0.25) is 5.95 Å². The Bertz CT molecular complexity index is 445. The van der Waals surface area contributed by atoms with Gasteiger partial charge in [-0.15, -0.1) is 0 Å². The lowest BCUT2D eigenvalue weighted by molar-refractivity contribution is 0.190. The zero-order valence-corrected chi connectivity index (χ0v) is 12.6. The summed E-state index contributed by atoms with van der Waals surface area (Å²) in [6, 6.07) is 1.37. The molecule has 0 aliphatic carbocycles. The summed E-state index contributed by atoms with van der Waals surface area (Å²) >= 11 is 0. The van der Waals surface area contributed by atoms with Gasteiger partial charge in [0, 0.05) is 51.6 Å². The molecule has 0 amide bonds. The summed E-state index contributed by atoms with van der Waals surface area (Å²) in [7, 11) is 1.76. The molecule has 5 heteroatoms. The van der Waals surface area contributed by atoms with E-state index in [0.717, 1.165) is 50.3 Å². The average molecular weight is 278 g/mol. The van der Waals surface area contributed by atoms with Crippen LogP contribution in [0.25, 0.3) is 0 Å². The number of anilines is 1. The number of nitrogens with one attached hydrogen (secondary N) is 1. The van der Waals surface area contributed by atoms with Crippen molar-refractivity contribution >= 4 is 5.95 Å². The van der Waals surface area contributed by atoms with E-state index in [9.17, 15) is 0 Å². The van der Waals surface area contributed by atoms with Gasteiger partial charge in [0.15, 0.2) is 0 Å². The van der Waals surface area contributed by atoms with Crippen LogP contribution in [0.3, 0.4) is 0 Å². The Balaban J connectivity index is 1.71. The fourth-order valence-electron chi connectivity index (χ4n) is 3.45. The summed E-state index contributed by atoms with van der Waals surface area (Å²) in [5, 5.41) is 3.73. The Morgan fingerprint density at radius 3 is 3.05 bits per heavy atom. The van der Waals surface area contributed by atoms with E-state index in [1.54, 1.807) is 7.11 Å². The number of rotatable bonds is 5. The number of hydrogen-bond acceptors (Lipinski definition) is 4.